The van der Waals surface area contributed by atoms with Gasteiger partial charge in [-0.15, -0.1) is 0 Å². The van der Waals surface area contributed by atoms with Crippen LogP contribution in [-0.4, -0.2) is 29.3 Å². The second-order valence-corrected chi connectivity index (χ2v) is 5.30. The third-order valence-corrected chi connectivity index (χ3v) is 3.31. The molecule has 0 aliphatic carbocycles. The summed E-state index contributed by atoms with van der Waals surface area (Å²) in [5.41, 5.74) is 3.32. The largest absolute Gasteiger partial charge is 0.394 e. The Morgan fingerprint density at radius 2 is 1.88 bits per heavy atom. The third-order valence-electron chi connectivity index (χ3n) is 3.31. The lowest BCUT2D eigenvalue weighted by molar-refractivity contribution is -0.114. The molecule has 0 spiro atoms. The van der Waals surface area contributed by atoms with Crippen LogP contribution in [0.2, 0.25) is 0 Å². The van der Waals surface area contributed by atoms with Crippen LogP contribution >= 0.6 is 0 Å². The number of carbonyl (C=O) groups excluding carboxylic acids is 1. The number of hydrogen-bond acceptors (Lipinski definition) is 5. The molecular formula is C18H22N2O4. The van der Waals surface area contributed by atoms with E-state index in [4.69, 9.17) is 9.84 Å². The van der Waals surface area contributed by atoms with Crippen molar-refractivity contribution in [2.24, 2.45) is 0 Å². The van der Waals surface area contributed by atoms with Crippen molar-refractivity contribution < 1.29 is 19.7 Å². The lowest BCUT2D eigenvalue weighted by atomic mass is 10.1. The minimum atomic E-state index is -1.03. The maximum Gasteiger partial charge on any atom is 0.221 e. The molecule has 2 aromatic carbocycles. The zero-order valence-electron chi connectivity index (χ0n) is 13.5. The predicted molar refractivity (Wildman–Crippen MR) is 92.5 cm³/mol. The molecule has 0 aliphatic rings. The molecule has 1 atom stereocenters. The summed E-state index contributed by atoms with van der Waals surface area (Å²) in [5, 5.41) is 24.5. The molecule has 24 heavy (non-hydrogen) atoms. The van der Waals surface area contributed by atoms with Crippen LogP contribution in [0, 0.1) is 0 Å². The van der Waals surface area contributed by atoms with Crippen molar-refractivity contribution in [1.82, 2.24) is 0 Å². The molecule has 2 rings (SSSR count). The average Bonchev–Trinajstić information content (AvgIpc) is 2.58. The van der Waals surface area contributed by atoms with E-state index in [9.17, 15) is 9.90 Å². The topological polar surface area (TPSA) is 90.8 Å². The Morgan fingerprint density at radius 3 is 2.54 bits per heavy atom. The first kappa shape index (κ1) is 17.9. The van der Waals surface area contributed by atoms with Crippen LogP contribution in [0.25, 0.3) is 0 Å². The monoisotopic (exact) mass is 330 g/mol. The molecule has 6 nitrogen and oxygen atoms in total. The first-order valence-corrected chi connectivity index (χ1v) is 7.69. The fraction of sp³-hybridized carbons (Fsp3) is 0.278. The highest BCUT2D eigenvalue weighted by molar-refractivity contribution is 5.89. The fourth-order valence-electron chi connectivity index (χ4n) is 2.17. The summed E-state index contributed by atoms with van der Waals surface area (Å²) in [6, 6.07) is 14.8. The highest BCUT2D eigenvalue weighted by atomic mass is 16.6. The maximum atomic E-state index is 11.1. The molecule has 1 unspecified atom stereocenters. The van der Waals surface area contributed by atoms with Gasteiger partial charge in [0.1, 0.15) is 0 Å². The van der Waals surface area contributed by atoms with Crippen LogP contribution < -0.4 is 10.6 Å². The van der Waals surface area contributed by atoms with Gasteiger partial charge in [0.15, 0.2) is 6.29 Å². The van der Waals surface area contributed by atoms with Gasteiger partial charge in [0, 0.05) is 30.4 Å². The summed E-state index contributed by atoms with van der Waals surface area (Å²) >= 11 is 0. The molecule has 0 radical (unpaired) electrons. The van der Waals surface area contributed by atoms with Crippen LogP contribution in [0.3, 0.4) is 0 Å². The maximum absolute atomic E-state index is 11.1. The Kier molecular flexibility index (Phi) is 6.74. The predicted octanol–water partition coefficient (Wildman–Crippen LogP) is 2.26. The first-order valence-electron chi connectivity index (χ1n) is 7.69. The van der Waals surface area contributed by atoms with Gasteiger partial charge in [0.25, 0.3) is 0 Å². The van der Waals surface area contributed by atoms with E-state index in [1.807, 2.05) is 36.4 Å². The van der Waals surface area contributed by atoms with Crippen LogP contribution in [-0.2, 0) is 16.1 Å². The minimum absolute atomic E-state index is 0.0924. The van der Waals surface area contributed by atoms with E-state index in [1.54, 1.807) is 12.1 Å². The van der Waals surface area contributed by atoms with Gasteiger partial charge in [0.05, 0.1) is 13.2 Å². The molecule has 0 saturated heterocycles. The van der Waals surface area contributed by atoms with Gasteiger partial charge in [-0.3, -0.25) is 4.79 Å². The van der Waals surface area contributed by atoms with Crippen molar-refractivity contribution in [3.8, 4) is 0 Å². The lowest BCUT2D eigenvalue weighted by Crippen LogP contribution is -2.07. The smallest absolute Gasteiger partial charge is 0.221 e. The molecule has 2 aromatic rings. The van der Waals surface area contributed by atoms with Crippen LogP contribution in [0.1, 0.15) is 24.3 Å². The normalized spacial score (nSPS) is 11.8. The van der Waals surface area contributed by atoms with Crippen molar-refractivity contribution in [1.29, 1.82) is 0 Å². The number of anilines is 2. The van der Waals surface area contributed by atoms with E-state index in [0.717, 1.165) is 16.9 Å². The van der Waals surface area contributed by atoms with Crippen molar-refractivity contribution in [2.75, 3.05) is 23.8 Å². The number of aliphatic hydroxyl groups is 2. The number of aliphatic hydroxyl groups excluding tert-OH is 2. The quantitative estimate of drug-likeness (QED) is 0.557. The van der Waals surface area contributed by atoms with Crippen molar-refractivity contribution in [3.63, 3.8) is 0 Å². The molecular weight excluding hydrogens is 308 g/mol. The number of ether oxygens (including phenoxy) is 1. The Morgan fingerprint density at radius 1 is 1.17 bits per heavy atom. The van der Waals surface area contributed by atoms with Crippen LogP contribution in [0.4, 0.5) is 11.4 Å². The Bertz CT molecular complexity index is 658. The minimum Gasteiger partial charge on any atom is -0.394 e. The summed E-state index contributed by atoms with van der Waals surface area (Å²) in [4.78, 5) is 11.1. The molecule has 1 amide bonds. The van der Waals surface area contributed by atoms with Crippen molar-refractivity contribution in [3.05, 3.63) is 59.7 Å². The second-order valence-electron chi connectivity index (χ2n) is 5.30. The summed E-state index contributed by atoms with van der Waals surface area (Å²) in [6.07, 6.45) is -1.03. The molecule has 6 heteroatoms. The Balaban J connectivity index is 1.91. The van der Waals surface area contributed by atoms with Crippen molar-refractivity contribution >= 4 is 17.3 Å². The molecule has 4 N–H and O–H groups in total. The zero-order chi connectivity index (χ0) is 17.4. The first-order chi connectivity index (χ1) is 11.6. The van der Waals surface area contributed by atoms with Gasteiger partial charge >= 0.3 is 0 Å². The van der Waals surface area contributed by atoms with E-state index < -0.39 is 6.29 Å². The van der Waals surface area contributed by atoms with E-state index in [1.165, 1.54) is 6.92 Å². The lowest BCUT2D eigenvalue weighted by Gasteiger charge is -2.13. The molecule has 0 bridgehead atoms. The van der Waals surface area contributed by atoms with Gasteiger partial charge < -0.3 is 25.6 Å². The fourth-order valence-corrected chi connectivity index (χ4v) is 2.17. The Hall–Kier alpha value is -2.41. The van der Waals surface area contributed by atoms with Crippen LogP contribution in [0.15, 0.2) is 48.5 Å². The van der Waals surface area contributed by atoms with Gasteiger partial charge in [-0.1, -0.05) is 30.3 Å². The number of carbonyl (C=O) groups is 1. The molecule has 0 saturated carbocycles. The van der Waals surface area contributed by atoms with E-state index in [0.29, 0.717) is 12.1 Å². The molecule has 0 aliphatic heterocycles. The molecule has 0 aromatic heterocycles. The molecule has 0 heterocycles. The second kappa shape index (κ2) is 9.02. The molecule has 128 valence electrons. The van der Waals surface area contributed by atoms with E-state index >= 15 is 0 Å². The summed E-state index contributed by atoms with van der Waals surface area (Å²) in [5.74, 6) is -0.107. The summed E-state index contributed by atoms with van der Waals surface area (Å²) in [7, 11) is 0. The SMILES string of the molecule is CC(=O)Nc1cccc(NCc2ccc(C(O)OCCO)cc2)c1. The number of amides is 1. The Labute approximate surface area is 141 Å². The molecule has 0 fully saturated rings. The van der Waals surface area contributed by atoms with Crippen LogP contribution in [0.5, 0.6) is 0 Å². The zero-order valence-corrected chi connectivity index (χ0v) is 13.5. The van der Waals surface area contributed by atoms with E-state index in [2.05, 4.69) is 10.6 Å². The van der Waals surface area contributed by atoms with Gasteiger partial charge in [-0.25, -0.2) is 0 Å². The number of hydrogen-bond donors (Lipinski definition) is 4. The highest BCUT2D eigenvalue weighted by Crippen LogP contribution is 2.18. The number of benzene rings is 2. The number of rotatable bonds is 8. The van der Waals surface area contributed by atoms with Gasteiger partial charge in [-0.2, -0.15) is 0 Å². The summed E-state index contributed by atoms with van der Waals surface area (Å²) in [6.45, 7) is 2.05. The van der Waals surface area contributed by atoms with E-state index in [-0.39, 0.29) is 19.1 Å². The van der Waals surface area contributed by atoms with Crippen molar-refractivity contribution in [2.45, 2.75) is 19.8 Å². The van der Waals surface area contributed by atoms with Gasteiger partial charge in [0.2, 0.25) is 5.91 Å². The summed E-state index contributed by atoms with van der Waals surface area (Å²) < 4.78 is 5.05. The van der Waals surface area contributed by atoms with Gasteiger partial charge in [-0.05, 0) is 23.8 Å². The standard InChI is InChI=1S/C18H22N2O4/c1-13(22)20-17-4-2-3-16(11-17)19-12-14-5-7-15(8-6-14)18(23)24-10-9-21/h2-8,11,18-19,21,23H,9-10,12H2,1H3,(H,20,22). The number of nitrogens with one attached hydrogen (secondary N) is 2. The third kappa shape index (κ3) is 5.66. The highest BCUT2D eigenvalue weighted by Gasteiger charge is 2.07. The average molecular weight is 330 g/mol.